The lowest BCUT2D eigenvalue weighted by Gasteiger charge is -2.32. The highest BCUT2D eigenvalue weighted by Gasteiger charge is 2.34. The van der Waals surface area contributed by atoms with E-state index in [0.717, 1.165) is 66.8 Å². The predicted molar refractivity (Wildman–Crippen MR) is 280 cm³/mol. The van der Waals surface area contributed by atoms with Crippen LogP contribution in [0.5, 0.6) is 0 Å². The number of fused-ring (bicyclic) bond motifs is 14. The van der Waals surface area contributed by atoms with E-state index in [0.29, 0.717) is 0 Å². The van der Waals surface area contributed by atoms with E-state index < -0.39 is 0 Å². The Morgan fingerprint density at radius 1 is 0.348 bits per heavy atom. The Morgan fingerprint density at radius 2 is 0.727 bits per heavy atom. The van der Waals surface area contributed by atoms with Crippen LogP contribution in [0.3, 0.4) is 0 Å². The Kier molecular flexibility index (Phi) is 8.74. The van der Waals surface area contributed by atoms with Gasteiger partial charge in [-0.25, -0.2) is 8.78 Å². The normalized spacial score (nSPS) is 12.4. The number of benzene rings is 9. The second-order valence-corrected chi connectivity index (χ2v) is 20.3. The zero-order valence-corrected chi connectivity index (χ0v) is 38.4. The largest absolute Gasteiger partial charge is 0.308 e. The zero-order valence-electron chi connectivity index (χ0n) is 36.8. The highest BCUT2D eigenvalue weighted by atomic mass is 32.1. The van der Waals surface area contributed by atoms with Crippen LogP contribution in [0.1, 0.15) is 50.7 Å². The summed E-state index contributed by atoms with van der Waals surface area (Å²) in [5, 5.41) is 9.83. The van der Waals surface area contributed by atoms with E-state index in [2.05, 4.69) is 158 Å². The Bertz CT molecular complexity index is 3870. The minimum absolute atomic E-state index is 0.0231. The van der Waals surface area contributed by atoms with Gasteiger partial charge in [-0.1, -0.05) is 125 Å². The van der Waals surface area contributed by atoms with Gasteiger partial charge >= 0.3 is 0 Å². The molecule has 0 unspecified atom stereocenters. The van der Waals surface area contributed by atoms with Crippen molar-refractivity contribution in [1.29, 1.82) is 0 Å². The Hall–Kier alpha value is -7.12. The van der Waals surface area contributed by atoms with E-state index in [1.54, 1.807) is 24.3 Å². The molecule has 4 heterocycles. The smallest absolute Gasteiger partial charge is 0.123 e. The summed E-state index contributed by atoms with van der Waals surface area (Å²) >= 11 is 3.67. The molecule has 0 aliphatic heterocycles. The molecule has 0 aliphatic rings. The SMILES string of the molecule is CC(C)c1c(-c2ccc(F)cc2)c(-n2c3ccccc3c3c4c(ccc32)sc2ccccc24)c(C(C)C)c(-n2c3ccccc3c3c4c(ccc32)sc2ccccc24)c1-c1ccc(F)cc1. The lowest BCUT2D eigenvalue weighted by atomic mass is 9.79. The van der Waals surface area contributed by atoms with Crippen molar-refractivity contribution in [3.8, 4) is 33.6 Å². The van der Waals surface area contributed by atoms with E-state index in [4.69, 9.17) is 0 Å². The second-order valence-electron chi connectivity index (χ2n) is 18.2. The molecular weight excluding hydrogens is 851 g/mol. The van der Waals surface area contributed by atoms with Crippen LogP contribution in [0.15, 0.2) is 170 Å². The van der Waals surface area contributed by atoms with Crippen molar-refractivity contribution < 1.29 is 8.78 Å². The van der Waals surface area contributed by atoms with Gasteiger partial charge in [0, 0.05) is 78.6 Å². The van der Waals surface area contributed by atoms with Crippen molar-refractivity contribution in [2.24, 2.45) is 0 Å². The van der Waals surface area contributed by atoms with E-state index >= 15 is 8.78 Å². The van der Waals surface area contributed by atoms with Gasteiger partial charge < -0.3 is 9.13 Å². The molecule has 0 radical (unpaired) electrons. The summed E-state index contributed by atoms with van der Waals surface area (Å²) in [5.74, 6) is -0.623. The number of hydrogen-bond acceptors (Lipinski definition) is 2. The van der Waals surface area contributed by atoms with Crippen molar-refractivity contribution in [3.63, 3.8) is 0 Å². The predicted octanol–water partition coefficient (Wildman–Crippen LogP) is 18.5. The van der Waals surface area contributed by atoms with E-state index in [1.165, 1.54) is 61.9 Å². The first-order valence-corrected chi connectivity index (χ1v) is 24.3. The summed E-state index contributed by atoms with van der Waals surface area (Å²) in [4.78, 5) is 0. The highest BCUT2D eigenvalue weighted by Crippen LogP contribution is 2.54. The van der Waals surface area contributed by atoms with Gasteiger partial charge in [-0.05, 0) is 101 Å². The van der Waals surface area contributed by atoms with Gasteiger partial charge in [0.1, 0.15) is 11.6 Å². The molecule has 6 heteroatoms. The summed E-state index contributed by atoms with van der Waals surface area (Å²) in [5.41, 5.74) is 12.8. The molecule has 13 aromatic rings. The molecule has 0 bridgehead atoms. The lowest BCUT2D eigenvalue weighted by Crippen LogP contribution is -2.15. The molecule has 0 aliphatic carbocycles. The van der Waals surface area contributed by atoms with Crippen molar-refractivity contribution >= 4 is 107 Å². The van der Waals surface area contributed by atoms with E-state index in [-0.39, 0.29) is 23.5 Å². The molecular formula is C60H42F2N2S2. The highest BCUT2D eigenvalue weighted by molar-refractivity contribution is 7.26. The van der Waals surface area contributed by atoms with Crippen molar-refractivity contribution in [2.75, 3.05) is 0 Å². The average Bonchev–Trinajstić information content (AvgIpc) is 4.08. The van der Waals surface area contributed by atoms with Crippen LogP contribution in [0, 0.1) is 11.6 Å². The van der Waals surface area contributed by atoms with Gasteiger partial charge in [0.25, 0.3) is 0 Å². The summed E-state index contributed by atoms with van der Waals surface area (Å²) in [7, 11) is 0. The molecule has 2 nitrogen and oxygen atoms in total. The van der Waals surface area contributed by atoms with Crippen LogP contribution in [0.25, 0.3) is 118 Å². The van der Waals surface area contributed by atoms with Gasteiger partial charge in [-0.3, -0.25) is 0 Å². The third-order valence-corrected chi connectivity index (χ3v) is 16.0. The monoisotopic (exact) mass is 892 g/mol. The van der Waals surface area contributed by atoms with Crippen molar-refractivity contribution in [1.82, 2.24) is 9.13 Å². The summed E-state index contributed by atoms with van der Waals surface area (Å²) in [6, 6.07) is 58.5. The first-order chi connectivity index (χ1) is 32.3. The number of aromatic nitrogens is 2. The number of hydrogen-bond donors (Lipinski definition) is 0. The van der Waals surface area contributed by atoms with Crippen LogP contribution < -0.4 is 0 Å². The molecule has 9 aromatic carbocycles. The standard InChI is InChI=1S/C60H42F2N2S2/c1-33(2)51-53(35-21-25-37(61)26-22-35)59(63-43-17-9-5-13-39(43)55-45(63)29-31-49-57(55)41-15-7-11-19-47(41)65-49)52(34(3)4)60(54(51)36-23-27-38(62)28-24-36)64-44-18-10-6-14-40(44)56-46(64)30-32-50-58(56)42-16-8-12-20-48(42)66-50/h5-34H,1-4H3. The first kappa shape index (κ1) is 39.3. The fourth-order valence-corrected chi connectivity index (χ4v) is 13.4. The fraction of sp³-hybridized carbons (Fsp3) is 0.100. The maximum Gasteiger partial charge on any atom is 0.123 e. The number of thiophene rings is 2. The number of halogens is 2. The van der Waals surface area contributed by atoms with Crippen LogP contribution in [-0.2, 0) is 0 Å². The molecule has 0 saturated carbocycles. The third kappa shape index (κ3) is 5.55. The number of para-hydroxylation sites is 2. The quantitative estimate of drug-likeness (QED) is 0.157. The zero-order chi connectivity index (χ0) is 44.5. The van der Waals surface area contributed by atoms with Gasteiger partial charge in [-0.15, -0.1) is 22.7 Å². The third-order valence-electron chi connectivity index (χ3n) is 13.7. The van der Waals surface area contributed by atoms with Gasteiger partial charge in [-0.2, -0.15) is 0 Å². The minimum atomic E-state index is -0.285. The maximum absolute atomic E-state index is 15.2. The second kappa shape index (κ2) is 14.7. The minimum Gasteiger partial charge on any atom is -0.308 e. The molecule has 318 valence electrons. The van der Waals surface area contributed by atoms with Crippen LogP contribution in [0.2, 0.25) is 0 Å². The molecule has 0 atom stereocenters. The summed E-state index contributed by atoms with van der Waals surface area (Å²) in [6.07, 6.45) is 0. The van der Waals surface area contributed by atoms with Crippen LogP contribution in [0.4, 0.5) is 8.78 Å². The molecule has 13 rings (SSSR count). The molecule has 0 N–H and O–H groups in total. The molecule has 4 aromatic heterocycles. The topological polar surface area (TPSA) is 9.86 Å². The van der Waals surface area contributed by atoms with Crippen molar-refractivity contribution in [2.45, 2.75) is 39.5 Å². The molecule has 0 saturated heterocycles. The Balaban J connectivity index is 1.32. The van der Waals surface area contributed by atoms with Crippen LogP contribution in [-0.4, -0.2) is 9.13 Å². The number of rotatable bonds is 6. The lowest BCUT2D eigenvalue weighted by molar-refractivity contribution is 0.627. The van der Waals surface area contributed by atoms with Gasteiger partial charge in [0.05, 0.1) is 33.4 Å². The summed E-state index contributed by atoms with van der Waals surface area (Å²) in [6.45, 7) is 9.13. The number of nitrogens with zero attached hydrogens (tertiary/aromatic N) is 2. The van der Waals surface area contributed by atoms with Crippen LogP contribution >= 0.6 is 22.7 Å². The van der Waals surface area contributed by atoms with E-state index in [9.17, 15) is 0 Å². The Labute approximate surface area is 388 Å². The Morgan fingerprint density at radius 3 is 1.14 bits per heavy atom. The average molecular weight is 893 g/mol. The molecule has 66 heavy (non-hydrogen) atoms. The maximum atomic E-state index is 15.2. The van der Waals surface area contributed by atoms with Crippen molar-refractivity contribution in [3.05, 3.63) is 193 Å². The van der Waals surface area contributed by atoms with Gasteiger partial charge in [0.15, 0.2) is 0 Å². The van der Waals surface area contributed by atoms with E-state index in [1.807, 2.05) is 46.9 Å². The van der Waals surface area contributed by atoms with Gasteiger partial charge in [0.2, 0.25) is 0 Å². The molecule has 0 amide bonds. The molecule has 0 spiro atoms. The summed E-state index contributed by atoms with van der Waals surface area (Å²) < 4.78 is 40.4. The fourth-order valence-electron chi connectivity index (χ4n) is 11.2. The molecule has 0 fully saturated rings. The first-order valence-electron chi connectivity index (χ1n) is 22.7.